The van der Waals surface area contributed by atoms with E-state index >= 15 is 0 Å². The molecule has 0 aromatic rings. The molecule has 0 bridgehead atoms. The van der Waals surface area contributed by atoms with Crippen molar-refractivity contribution in [1.29, 1.82) is 0 Å². The zero-order valence-electron chi connectivity index (χ0n) is 7.23. The van der Waals surface area contributed by atoms with Gasteiger partial charge in [-0.05, 0) is 0 Å². The SMILES string of the molecule is O.O=C(O)CC(O)(CC(=O)O)C(=O)O.[Ag]. The van der Waals surface area contributed by atoms with Gasteiger partial charge in [-0.25, -0.2) is 4.79 Å². The molecule has 0 rings (SSSR count). The van der Waals surface area contributed by atoms with Gasteiger partial charge in [0.15, 0.2) is 5.60 Å². The summed E-state index contributed by atoms with van der Waals surface area (Å²) in [6.45, 7) is 0. The summed E-state index contributed by atoms with van der Waals surface area (Å²) >= 11 is 0. The van der Waals surface area contributed by atoms with Crippen LogP contribution in [0.1, 0.15) is 12.8 Å². The molecule has 93 valence electrons. The minimum atomic E-state index is -2.74. The van der Waals surface area contributed by atoms with E-state index in [4.69, 9.17) is 20.4 Å². The molecule has 0 spiro atoms. The largest absolute Gasteiger partial charge is 0.481 e. The molecule has 0 aliphatic rings. The van der Waals surface area contributed by atoms with Gasteiger partial charge in [-0.2, -0.15) is 0 Å². The van der Waals surface area contributed by atoms with Crippen LogP contribution in [-0.2, 0) is 36.8 Å². The molecule has 9 heteroatoms. The van der Waals surface area contributed by atoms with Crippen LogP contribution in [0.4, 0.5) is 0 Å². The number of carboxylic acids is 3. The van der Waals surface area contributed by atoms with E-state index in [1.54, 1.807) is 0 Å². The normalized spacial score (nSPS) is 9.40. The number of aliphatic carboxylic acids is 3. The Bertz CT molecular complexity index is 234. The van der Waals surface area contributed by atoms with Crippen molar-refractivity contribution in [2.75, 3.05) is 0 Å². The number of hydrogen-bond acceptors (Lipinski definition) is 4. The zero-order valence-corrected chi connectivity index (χ0v) is 8.71. The molecule has 0 amide bonds. The maximum absolute atomic E-state index is 10.3. The third-order valence-electron chi connectivity index (χ3n) is 1.29. The third-order valence-corrected chi connectivity index (χ3v) is 1.29. The van der Waals surface area contributed by atoms with Crippen molar-refractivity contribution >= 4 is 17.9 Å². The molecule has 15 heavy (non-hydrogen) atoms. The molecular weight excluding hydrogens is 308 g/mol. The number of carboxylic acid groups (broad SMARTS) is 3. The van der Waals surface area contributed by atoms with Crippen molar-refractivity contribution in [3.8, 4) is 0 Å². The molecule has 0 atom stereocenters. The van der Waals surface area contributed by atoms with E-state index in [9.17, 15) is 14.4 Å². The Morgan fingerprint density at radius 3 is 1.33 bits per heavy atom. The van der Waals surface area contributed by atoms with Gasteiger partial charge in [0.25, 0.3) is 0 Å². The monoisotopic (exact) mass is 317 g/mol. The second-order valence-corrected chi connectivity index (χ2v) is 2.48. The average Bonchev–Trinajstić information content (AvgIpc) is 1.82. The van der Waals surface area contributed by atoms with E-state index in [0.29, 0.717) is 0 Å². The molecule has 6 N–H and O–H groups in total. The van der Waals surface area contributed by atoms with Gasteiger partial charge < -0.3 is 25.9 Å². The molecule has 8 nitrogen and oxygen atoms in total. The molecule has 1 radical (unpaired) electrons. The number of rotatable bonds is 5. The first-order valence-corrected chi connectivity index (χ1v) is 3.17. The second kappa shape index (κ2) is 7.37. The molecule has 0 aliphatic heterocycles. The Hall–Kier alpha value is -0.930. The molecule has 0 aliphatic carbocycles. The van der Waals surface area contributed by atoms with Crippen LogP contribution in [0.15, 0.2) is 0 Å². The van der Waals surface area contributed by atoms with E-state index in [1.807, 2.05) is 0 Å². The van der Waals surface area contributed by atoms with Gasteiger partial charge in [0.05, 0.1) is 12.8 Å². The van der Waals surface area contributed by atoms with Crippen LogP contribution in [0.2, 0.25) is 0 Å². The van der Waals surface area contributed by atoms with Crippen molar-refractivity contribution in [3.63, 3.8) is 0 Å². The fraction of sp³-hybridized carbons (Fsp3) is 0.500. The smallest absolute Gasteiger partial charge is 0.336 e. The molecule has 0 aromatic heterocycles. The first-order valence-electron chi connectivity index (χ1n) is 3.17. The fourth-order valence-corrected chi connectivity index (χ4v) is 0.714. The summed E-state index contributed by atoms with van der Waals surface area (Å²) in [4.78, 5) is 30.5. The van der Waals surface area contributed by atoms with E-state index in [-0.39, 0.29) is 27.9 Å². The molecule has 0 saturated heterocycles. The van der Waals surface area contributed by atoms with E-state index in [0.717, 1.165) is 0 Å². The van der Waals surface area contributed by atoms with Gasteiger partial charge in [-0.1, -0.05) is 0 Å². The Labute approximate surface area is 99.3 Å². The van der Waals surface area contributed by atoms with Gasteiger partial charge in [-0.15, -0.1) is 0 Å². The maximum atomic E-state index is 10.3. The Morgan fingerprint density at radius 2 is 1.20 bits per heavy atom. The summed E-state index contributed by atoms with van der Waals surface area (Å²) < 4.78 is 0. The summed E-state index contributed by atoms with van der Waals surface area (Å²) in [6.07, 6.45) is -2.29. The number of hydrogen-bond donors (Lipinski definition) is 4. The van der Waals surface area contributed by atoms with Gasteiger partial charge in [0, 0.05) is 22.4 Å². The van der Waals surface area contributed by atoms with E-state index in [2.05, 4.69) is 0 Å². The van der Waals surface area contributed by atoms with Gasteiger partial charge in [0.1, 0.15) is 0 Å². The summed E-state index contributed by atoms with van der Waals surface area (Å²) in [7, 11) is 0. The van der Waals surface area contributed by atoms with Crippen LogP contribution in [-0.4, -0.2) is 49.4 Å². The van der Waals surface area contributed by atoms with Crippen molar-refractivity contribution in [2.24, 2.45) is 0 Å². The summed E-state index contributed by atoms with van der Waals surface area (Å²) in [5.74, 6) is -5.02. The number of carbonyl (C=O) groups is 3. The van der Waals surface area contributed by atoms with Crippen molar-refractivity contribution in [2.45, 2.75) is 18.4 Å². The van der Waals surface area contributed by atoms with Crippen molar-refractivity contribution in [3.05, 3.63) is 0 Å². The summed E-state index contributed by atoms with van der Waals surface area (Å²) in [5.41, 5.74) is -2.74. The van der Waals surface area contributed by atoms with Crippen LogP contribution in [0.25, 0.3) is 0 Å². The van der Waals surface area contributed by atoms with Crippen LogP contribution in [0.3, 0.4) is 0 Å². The first-order chi connectivity index (χ1) is 5.78. The van der Waals surface area contributed by atoms with E-state index in [1.165, 1.54) is 0 Å². The molecule has 0 fully saturated rings. The molecule has 0 saturated carbocycles. The standard InChI is InChI=1S/C6H8O7.Ag.H2O/c7-3(8)1-6(13,5(11)12)2-4(9)10;;/h13H,1-2H2,(H,7,8)(H,9,10)(H,11,12);;1H2. The number of aliphatic hydroxyl groups is 1. The van der Waals surface area contributed by atoms with Crippen LogP contribution in [0.5, 0.6) is 0 Å². The van der Waals surface area contributed by atoms with Crippen molar-refractivity contribution in [1.82, 2.24) is 0 Å². The Kier molecular flexibility index (Phi) is 9.64. The quantitative estimate of drug-likeness (QED) is 0.423. The molecule has 0 unspecified atom stereocenters. The van der Waals surface area contributed by atoms with Crippen LogP contribution in [0, 0.1) is 0 Å². The minimum Gasteiger partial charge on any atom is -0.481 e. The molecule has 0 heterocycles. The van der Waals surface area contributed by atoms with Gasteiger partial charge >= 0.3 is 17.9 Å². The second-order valence-electron chi connectivity index (χ2n) is 2.48. The Balaban J connectivity index is -0.000000720. The zero-order chi connectivity index (χ0) is 10.6. The predicted molar refractivity (Wildman–Crippen MR) is 40.7 cm³/mol. The van der Waals surface area contributed by atoms with Crippen molar-refractivity contribution < 1.29 is 62.7 Å². The van der Waals surface area contributed by atoms with Crippen LogP contribution < -0.4 is 0 Å². The van der Waals surface area contributed by atoms with Gasteiger partial charge in [-0.3, -0.25) is 9.59 Å². The predicted octanol–water partition coefficient (Wildman–Crippen LogP) is -2.08. The van der Waals surface area contributed by atoms with E-state index < -0.39 is 36.4 Å². The summed E-state index contributed by atoms with van der Waals surface area (Å²) in [5, 5.41) is 33.8. The van der Waals surface area contributed by atoms with Gasteiger partial charge in [0.2, 0.25) is 0 Å². The third kappa shape index (κ3) is 7.05. The Morgan fingerprint density at radius 1 is 0.933 bits per heavy atom. The average molecular weight is 318 g/mol. The topological polar surface area (TPSA) is 164 Å². The first kappa shape index (κ1) is 19.6. The maximum Gasteiger partial charge on any atom is 0.336 e. The molecule has 0 aromatic carbocycles. The molecular formula is C6H10AgO8. The fourth-order valence-electron chi connectivity index (χ4n) is 0.714. The minimum absolute atomic E-state index is 0. The van der Waals surface area contributed by atoms with Crippen LogP contribution >= 0.6 is 0 Å². The summed E-state index contributed by atoms with van der Waals surface area (Å²) in [6, 6.07) is 0.